The topological polar surface area (TPSA) is 76.2 Å². The third kappa shape index (κ3) is 4.28. The van der Waals surface area contributed by atoms with Gasteiger partial charge in [0.1, 0.15) is 0 Å². The van der Waals surface area contributed by atoms with E-state index in [1.165, 1.54) is 38.1 Å². The van der Waals surface area contributed by atoms with Crippen LogP contribution in [-0.4, -0.2) is 45.3 Å². The number of nitrogens with one attached hydrogen (secondary N) is 1. The van der Waals surface area contributed by atoms with Crippen LogP contribution in [0.1, 0.15) is 31.7 Å². The van der Waals surface area contributed by atoms with Crippen LogP contribution >= 0.6 is 0 Å². The van der Waals surface area contributed by atoms with E-state index in [1.807, 2.05) is 13.2 Å². The summed E-state index contributed by atoms with van der Waals surface area (Å²) < 4.78 is 1.80. The summed E-state index contributed by atoms with van der Waals surface area (Å²) in [6.07, 6.45) is 5.78. The smallest absolute Gasteiger partial charge is 0.269 e. The van der Waals surface area contributed by atoms with E-state index in [0.717, 1.165) is 36.3 Å². The lowest BCUT2D eigenvalue weighted by Crippen LogP contribution is -2.40. The average molecular weight is 357 g/mol. The van der Waals surface area contributed by atoms with Crippen molar-refractivity contribution in [2.45, 2.75) is 38.8 Å². The molecular weight excluding hydrogens is 330 g/mol. The van der Waals surface area contributed by atoms with Gasteiger partial charge < -0.3 is 5.32 Å². The van der Waals surface area contributed by atoms with Gasteiger partial charge in [0.15, 0.2) is 0 Å². The second-order valence-electron chi connectivity index (χ2n) is 6.92. The fourth-order valence-corrected chi connectivity index (χ4v) is 3.66. The van der Waals surface area contributed by atoms with Gasteiger partial charge in [-0.1, -0.05) is 6.92 Å². The van der Waals surface area contributed by atoms with Crippen LogP contribution in [0, 0.1) is 10.1 Å². The van der Waals surface area contributed by atoms with Gasteiger partial charge in [-0.25, -0.2) is 0 Å². The first-order valence-electron chi connectivity index (χ1n) is 9.30. The molecule has 0 amide bonds. The number of benzene rings is 1. The van der Waals surface area contributed by atoms with Gasteiger partial charge in [-0.3, -0.25) is 19.7 Å². The fraction of sp³-hybridized carbons (Fsp3) is 0.526. The Kier molecular flexibility index (Phi) is 6.00. The van der Waals surface area contributed by atoms with E-state index in [-0.39, 0.29) is 10.6 Å². The van der Waals surface area contributed by atoms with Crippen molar-refractivity contribution in [2.75, 3.05) is 19.6 Å². The molecule has 1 unspecified atom stereocenters. The van der Waals surface area contributed by atoms with Crippen LogP contribution in [0.15, 0.2) is 30.5 Å². The van der Waals surface area contributed by atoms with Gasteiger partial charge in [0.25, 0.3) is 5.69 Å². The number of rotatable bonds is 8. The number of aryl methyl sites for hydroxylation is 1. The Balaban J connectivity index is 1.66. The number of nitrogens with zero attached hydrogens (tertiary/aromatic N) is 4. The predicted octanol–water partition coefficient (Wildman–Crippen LogP) is 2.96. The first kappa shape index (κ1) is 18.5. The van der Waals surface area contributed by atoms with E-state index < -0.39 is 0 Å². The minimum atomic E-state index is -0.381. The third-order valence-corrected chi connectivity index (χ3v) is 5.08. The van der Waals surface area contributed by atoms with Crippen LogP contribution in [0.25, 0.3) is 11.3 Å². The monoisotopic (exact) mass is 357 g/mol. The molecule has 2 heterocycles. The van der Waals surface area contributed by atoms with E-state index in [9.17, 15) is 10.1 Å². The summed E-state index contributed by atoms with van der Waals surface area (Å²) in [5.41, 5.74) is 2.99. The molecule has 0 aliphatic carbocycles. The van der Waals surface area contributed by atoms with E-state index in [2.05, 4.69) is 22.2 Å². The zero-order valence-electron chi connectivity index (χ0n) is 15.5. The van der Waals surface area contributed by atoms with Crippen molar-refractivity contribution in [1.82, 2.24) is 20.0 Å². The van der Waals surface area contributed by atoms with Gasteiger partial charge in [-0.05, 0) is 44.5 Å². The van der Waals surface area contributed by atoms with Crippen molar-refractivity contribution in [3.8, 4) is 11.3 Å². The minimum absolute atomic E-state index is 0.0979. The lowest BCUT2D eigenvalue weighted by atomic mass is 10.1. The van der Waals surface area contributed by atoms with Crippen molar-refractivity contribution in [3.63, 3.8) is 0 Å². The van der Waals surface area contributed by atoms with Gasteiger partial charge in [-0.15, -0.1) is 0 Å². The number of nitro benzene ring substituents is 1. The van der Waals surface area contributed by atoms with E-state index >= 15 is 0 Å². The summed E-state index contributed by atoms with van der Waals surface area (Å²) in [5.74, 6) is 0. The Bertz CT molecular complexity index is 735. The molecular formula is C19H27N5O2. The second-order valence-corrected chi connectivity index (χ2v) is 6.92. The largest absolute Gasteiger partial charge is 0.311 e. The normalized spacial score (nSPS) is 16.1. The van der Waals surface area contributed by atoms with Gasteiger partial charge in [0.2, 0.25) is 0 Å². The second kappa shape index (κ2) is 8.42. The molecule has 0 spiro atoms. The first-order chi connectivity index (χ1) is 12.6. The maximum Gasteiger partial charge on any atom is 0.269 e. The predicted molar refractivity (Wildman–Crippen MR) is 102 cm³/mol. The number of hydrogen-bond donors (Lipinski definition) is 1. The van der Waals surface area contributed by atoms with Crippen LogP contribution in [-0.2, 0) is 13.6 Å². The Morgan fingerprint density at radius 1 is 1.27 bits per heavy atom. The lowest BCUT2D eigenvalue weighted by molar-refractivity contribution is -0.384. The Hall–Kier alpha value is -2.25. The summed E-state index contributed by atoms with van der Waals surface area (Å²) >= 11 is 0. The molecule has 1 aliphatic heterocycles. The molecule has 1 aliphatic rings. The van der Waals surface area contributed by atoms with E-state index in [4.69, 9.17) is 0 Å². The molecule has 1 aromatic heterocycles. The van der Waals surface area contributed by atoms with Crippen molar-refractivity contribution in [3.05, 3.63) is 46.1 Å². The minimum Gasteiger partial charge on any atom is -0.311 e. The Morgan fingerprint density at radius 3 is 2.58 bits per heavy atom. The van der Waals surface area contributed by atoms with Gasteiger partial charge in [0.05, 0.1) is 10.6 Å². The molecule has 140 valence electrons. The Morgan fingerprint density at radius 2 is 1.96 bits per heavy atom. The van der Waals surface area contributed by atoms with Gasteiger partial charge in [0, 0.05) is 55.6 Å². The first-order valence-corrected chi connectivity index (χ1v) is 9.30. The maximum atomic E-state index is 10.8. The summed E-state index contributed by atoms with van der Waals surface area (Å²) in [7, 11) is 1.90. The maximum absolute atomic E-state index is 10.8. The molecule has 1 saturated heterocycles. The molecule has 0 radical (unpaired) electrons. The molecule has 0 saturated carbocycles. The Labute approximate surface area is 154 Å². The quantitative estimate of drug-likeness (QED) is 0.581. The molecule has 3 rings (SSSR count). The molecule has 7 heteroatoms. The van der Waals surface area contributed by atoms with Gasteiger partial charge in [-0.2, -0.15) is 5.10 Å². The average Bonchev–Trinajstić information content (AvgIpc) is 3.28. The number of nitro groups is 1. The fourth-order valence-electron chi connectivity index (χ4n) is 3.66. The van der Waals surface area contributed by atoms with Crippen molar-refractivity contribution < 1.29 is 4.92 Å². The van der Waals surface area contributed by atoms with Crippen LogP contribution in [0.2, 0.25) is 0 Å². The highest BCUT2D eigenvalue weighted by Crippen LogP contribution is 2.24. The van der Waals surface area contributed by atoms with Crippen molar-refractivity contribution in [1.29, 1.82) is 0 Å². The number of hydrogen-bond acceptors (Lipinski definition) is 5. The molecule has 1 fully saturated rings. The molecule has 0 bridgehead atoms. The lowest BCUT2D eigenvalue weighted by Gasteiger charge is -2.26. The molecule has 1 N–H and O–H groups in total. The summed E-state index contributed by atoms with van der Waals surface area (Å²) in [4.78, 5) is 13.0. The summed E-state index contributed by atoms with van der Waals surface area (Å²) in [5, 5.41) is 19.0. The number of aromatic nitrogens is 2. The van der Waals surface area contributed by atoms with Crippen LogP contribution in [0.3, 0.4) is 0 Å². The zero-order chi connectivity index (χ0) is 18.5. The van der Waals surface area contributed by atoms with Crippen LogP contribution in [0.4, 0.5) is 5.69 Å². The van der Waals surface area contributed by atoms with Crippen molar-refractivity contribution in [2.24, 2.45) is 7.05 Å². The number of non-ortho nitro benzene ring substituents is 1. The molecule has 7 nitrogen and oxygen atoms in total. The van der Waals surface area contributed by atoms with Crippen molar-refractivity contribution >= 4 is 5.69 Å². The highest BCUT2D eigenvalue weighted by atomic mass is 16.6. The molecule has 1 aromatic carbocycles. The molecule has 1 atom stereocenters. The SMILES string of the molecule is CCC(CNCc1cn(C)nc1-c1ccc([N+](=O)[O-])cc1)N1CCCC1. The highest BCUT2D eigenvalue weighted by Gasteiger charge is 2.20. The van der Waals surface area contributed by atoms with Gasteiger partial charge >= 0.3 is 0 Å². The molecule has 26 heavy (non-hydrogen) atoms. The van der Waals surface area contributed by atoms with E-state index in [0.29, 0.717) is 6.04 Å². The summed E-state index contributed by atoms with van der Waals surface area (Å²) in [6.45, 7) is 6.37. The number of likely N-dealkylation sites (tertiary alicyclic amines) is 1. The highest BCUT2D eigenvalue weighted by molar-refractivity contribution is 5.64. The van der Waals surface area contributed by atoms with E-state index in [1.54, 1.807) is 16.8 Å². The molecule has 2 aromatic rings. The van der Waals surface area contributed by atoms with Crippen LogP contribution in [0.5, 0.6) is 0 Å². The third-order valence-electron chi connectivity index (χ3n) is 5.08. The van der Waals surface area contributed by atoms with Crippen LogP contribution < -0.4 is 5.32 Å². The summed E-state index contributed by atoms with van der Waals surface area (Å²) in [6, 6.07) is 7.17. The standard InChI is InChI=1S/C19H27N5O2/c1-3-17(23-10-4-5-11-23)13-20-12-16-14-22(2)21-19(16)15-6-8-18(9-7-15)24(25)26/h6-9,14,17,20H,3-5,10-13H2,1-2H3. The zero-order valence-corrected chi connectivity index (χ0v) is 15.5.